The highest BCUT2D eigenvalue weighted by Crippen LogP contribution is 2.42. The van der Waals surface area contributed by atoms with Crippen molar-refractivity contribution in [2.45, 2.75) is 0 Å². The Labute approximate surface area is 325 Å². The van der Waals surface area contributed by atoms with E-state index in [0.29, 0.717) is 0 Å². The van der Waals surface area contributed by atoms with Gasteiger partial charge in [-0.25, -0.2) is 0 Å². The highest BCUT2D eigenvalue weighted by molar-refractivity contribution is 6.15. The Morgan fingerprint density at radius 2 is 0.750 bits per heavy atom. The van der Waals surface area contributed by atoms with Crippen LogP contribution in [0.4, 0.5) is 17.1 Å². The van der Waals surface area contributed by atoms with E-state index < -0.39 is 0 Å². The fraction of sp³-hybridized carbons (Fsp3) is 0. The zero-order chi connectivity index (χ0) is 37.0. The molecule has 1 heterocycles. The summed E-state index contributed by atoms with van der Waals surface area (Å²) in [5.41, 5.74) is 12.1. The summed E-state index contributed by atoms with van der Waals surface area (Å²) in [6.07, 6.45) is 0. The predicted octanol–water partition coefficient (Wildman–Crippen LogP) is 15.5. The minimum absolute atomic E-state index is 0.867. The van der Waals surface area contributed by atoms with E-state index in [4.69, 9.17) is 4.42 Å². The van der Waals surface area contributed by atoms with Crippen LogP contribution in [-0.2, 0) is 0 Å². The third-order valence-electron chi connectivity index (χ3n) is 11.2. The third-order valence-corrected chi connectivity index (χ3v) is 11.2. The lowest BCUT2D eigenvalue weighted by molar-refractivity contribution is 0.672. The first-order valence-corrected chi connectivity index (χ1v) is 19.2. The molecular formula is C54H35NO. The van der Waals surface area contributed by atoms with Crippen LogP contribution in [-0.4, -0.2) is 0 Å². The molecule has 1 aromatic heterocycles. The molecule has 0 saturated heterocycles. The fourth-order valence-electron chi connectivity index (χ4n) is 8.33. The average molecular weight is 714 g/mol. The molecule has 0 fully saturated rings. The summed E-state index contributed by atoms with van der Waals surface area (Å²) in [7, 11) is 0. The molecule has 11 aromatic rings. The maximum absolute atomic E-state index is 6.68. The van der Waals surface area contributed by atoms with E-state index in [9.17, 15) is 0 Å². The van der Waals surface area contributed by atoms with E-state index in [1.165, 1.54) is 49.2 Å². The van der Waals surface area contributed by atoms with Crippen molar-refractivity contribution in [3.63, 3.8) is 0 Å². The van der Waals surface area contributed by atoms with Crippen molar-refractivity contribution in [1.29, 1.82) is 0 Å². The van der Waals surface area contributed by atoms with Crippen LogP contribution in [0.3, 0.4) is 0 Å². The topological polar surface area (TPSA) is 16.4 Å². The van der Waals surface area contributed by atoms with Gasteiger partial charge in [0, 0.05) is 39.3 Å². The van der Waals surface area contributed by atoms with Gasteiger partial charge < -0.3 is 9.32 Å². The summed E-state index contributed by atoms with van der Waals surface area (Å²) in [6, 6.07) is 76.5. The quantitative estimate of drug-likeness (QED) is 0.171. The zero-order valence-electron chi connectivity index (χ0n) is 30.6. The summed E-state index contributed by atoms with van der Waals surface area (Å²) in [5, 5.41) is 9.50. The SMILES string of the molecule is c1ccc(-c2cccc(N(c3cccc(-c4ccc5cc(-c6ccc7ccccc7c6)ccc5c4)c3)c3ccc4c(c3)oc3c5ccccc5ccc43)c2)cc1. The molecule has 10 aromatic carbocycles. The minimum atomic E-state index is 0.867. The first-order chi connectivity index (χ1) is 27.7. The van der Waals surface area contributed by atoms with Gasteiger partial charge >= 0.3 is 0 Å². The van der Waals surface area contributed by atoms with Crippen molar-refractivity contribution in [3.8, 4) is 33.4 Å². The number of anilines is 3. The van der Waals surface area contributed by atoms with Crippen LogP contribution in [0.2, 0.25) is 0 Å². The predicted molar refractivity (Wildman–Crippen MR) is 237 cm³/mol. The number of hydrogen-bond donors (Lipinski definition) is 0. The van der Waals surface area contributed by atoms with E-state index in [1.807, 2.05) is 0 Å². The fourth-order valence-corrected chi connectivity index (χ4v) is 8.33. The first-order valence-electron chi connectivity index (χ1n) is 19.2. The molecule has 262 valence electrons. The first kappa shape index (κ1) is 32.0. The molecule has 0 spiro atoms. The van der Waals surface area contributed by atoms with Crippen LogP contribution >= 0.6 is 0 Å². The molecular weight excluding hydrogens is 679 g/mol. The summed E-state index contributed by atoms with van der Waals surface area (Å²) in [4.78, 5) is 2.34. The van der Waals surface area contributed by atoms with Gasteiger partial charge in [0.05, 0.1) is 0 Å². The molecule has 0 atom stereocenters. The molecule has 0 amide bonds. The van der Waals surface area contributed by atoms with Crippen molar-refractivity contribution < 1.29 is 4.42 Å². The van der Waals surface area contributed by atoms with Gasteiger partial charge in [0.25, 0.3) is 0 Å². The van der Waals surface area contributed by atoms with Gasteiger partial charge in [-0.3, -0.25) is 0 Å². The van der Waals surface area contributed by atoms with Gasteiger partial charge in [-0.1, -0.05) is 146 Å². The number of nitrogens with zero attached hydrogens (tertiary/aromatic N) is 1. The van der Waals surface area contributed by atoms with Crippen molar-refractivity contribution in [2.24, 2.45) is 0 Å². The molecule has 0 unspecified atom stereocenters. The summed E-state index contributed by atoms with van der Waals surface area (Å²) in [5.74, 6) is 0. The van der Waals surface area contributed by atoms with E-state index >= 15 is 0 Å². The lowest BCUT2D eigenvalue weighted by atomic mass is 9.96. The molecule has 0 N–H and O–H groups in total. The number of rotatable bonds is 6. The Kier molecular flexibility index (Phi) is 7.53. The summed E-state index contributed by atoms with van der Waals surface area (Å²) < 4.78 is 6.68. The van der Waals surface area contributed by atoms with Gasteiger partial charge in [0.15, 0.2) is 0 Å². The molecule has 2 nitrogen and oxygen atoms in total. The van der Waals surface area contributed by atoms with Crippen LogP contribution in [0.5, 0.6) is 0 Å². The second-order valence-corrected chi connectivity index (χ2v) is 14.6. The molecule has 0 aliphatic rings. The van der Waals surface area contributed by atoms with E-state index in [1.54, 1.807) is 0 Å². The van der Waals surface area contributed by atoms with E-state index in [0.717, 1.165) is 55.5 Å². The minimum Gasteiger partial charge on any atom is -0.455 e. The zero-order valence-corrected chi connectivity index (χ0v) is 30.6. The molecule has 11 rings (SSSR count). The maximum Gasteiger partial charge on any atom is 0.143 e. The van der Waals surface area contributed by atoms with Crippen LogP contribution in [0, 0.1) is 0 Å². The van der Waals surface area contributed by atoms with Gasteiger partial charge in [-0.2, -0.15) is 0 Å². The van der Waals surface area contributed by atoms with Crippen molar-refractivity contribution in [3.05, 3.63) is 212 Å². The summed E-state index contributed by atoms with van der Waals surface area (Å²) in [6.45, 7) is 0. The second-order valence-electron chi connectivity index (χ2n) is 14.6. The van der Waals surface area contributed by atoms with E-state index in [-0.39, 0.29) is 0 Å². The normalized spacial score (nSPS) is 11.6. The Balaban J connectivity index is 1.01. The van der Waals surface area contributed by atoms with Crippen molar-refractivity contribution in [1.82, 2.24) is 0 Å². The highest BCUT2D eigenvalue weighted by Gasteiger charge is 2.18. The smallest absolute Gasteiger partial charge is 0.143 e. The highest BCUT2D eigenvalue weighted by atomic mass is 16.3. The standard InChI is InChI=1S/C54H35NO/c1-2-10-36(11-3-1)40-15-8-17-47(33-40)55(49-27-29-51-52-28-26-38-13-6-7-19-50(38)54(52)56-53(51)35-49)48-18-9-16-41(34-48)42-22-23-46-32-45(25-24-44(46)31-42)43-21-20-37-12-4-5-14-39(37)30-43/h1-35H. The molecule has 0 saturated carbocycles. The molecule has 2 heteroatoms. The molecule has 0 aliphatic carbocycles. The van der Waals surface area contributed by atoms with Crippen LogP contribution < -0.4 is 4.90 Å². The molecule has 0 aliphatic heterocycles. The third kappa shape index (κ3) is 5.59. The Bertz CT molecular complexity index is 3270. The number of hydrogen-bond acceptors (Lipinski definition) is 2. The lowest BCUT2D eigenvalue weighted by Gasteiger charge is -2.26. The average Bonchev–Trinajstić information content (AvgIpc) is 3.65. The van der Waals surface area contributed by atoms with Crippen LogP contribution in [0.1, 0.15) is 0 Å². The molecule has 0 radical (unpaired) electrons. The van der Waals surface area contributed by atoms with Crippen LogP contribution in [0.25, 0.3) is 87.6 Å². The molecule has 56 heavy (non-hydrogen) atoms. The van der Waals surface area contributed by atoms with Gasteiger partial charge in [0.2, 0.25) is 0 Å². The van der Waals surface area contributed by atoms with Crippen molar-refractivity contribution >= 4 is 71.3 Å². The summed E-state index contributed by atoms with van der Waals surface area (Å²) >= 11 is 0. The Hall–Kier alpha value is -7.42. The van der Waals surface area contributed by atoms with Crippen molar-refractivity contribution in [2.75, 3.05) is 4.90 Å². The van der Waals surface area contributed by atoms with Crippen LogP contribution in [0.15, 0.2) is 217 Å². The largest absolute Gasteiger partial charge is 0.455 e. The Morgan fingerprint density at radius 1 is 0.268 bits per heavy atom. The van der Waals surface area contributed by atoms with Gasteiger partial charge in [-0.05, 0) is 121 Å². The number of fused-ring (bicyclic) bond motifs is 7. The Morgan fingerprint density at radius 3 is 1.45 bits per heavy atom. The second kappa shape index (κ2) is 13.2. The maximum atomic E-state index is 6.68. The number of benzene rings is 10. The lowest BCUT2D eigenvalue weighted by Crippen LogP contribution is -2.10. The van der Waals surface area contributed by atoms with E-state index in [2.05, 4.69) is 217 Å². The number of furan rings is 1. The molecule has 0 bridgehead atoms. The van der Waals surface area contributed by atoms with Gasteiger partial charge in [-0.15, -0.1) is 0 Å². The van der Waals surface area contributed by atoms with Gasteiger partial charge in [0.1, 0.15) is 11.2 Å². The monoisotopic (exact) mass is 713 g/mol.